The number of carbonyl (C=O) groups excluding carboxylic acids is 1. The first-order valence-electron chi connectivity index (χ1n) is 6.70. The van der Waals surface area contributed by atoms with Crippen molar-refractivity contribution in [3.8, 4) is 0 Å². The summed E-state index contributed by atoms with van der Waals surface area (Å²) >= 11 is 5.89. The lowest BCUT2D eigenvalue weighted by Crippen LogP contribution is -2.49. The minimum absolute atomic E-state index is 0.0276. The van der Waals surface area contributed by atoms with Crippen LogP contribution in [0.1, 0.15) is 17.5 Å². The Morgan fingerprint density at radius 1 is 1.47 bits per heavy atom. The van der Waals surface area contributed by atoms with Crippen LogP contribution in [0.3, 0.4) is 0 Å². The summed E-state index contributed by atoms with van der Waals surface area (Å²) in [4.78, 5) is 14.1. The van der Waals surface area contributed by atoms with Crippen molar-refractivity contribution in [2.24, 2.45) is 0 Å². The number of aryl methyl sites for hydroxylation is 2. The average Bonchev–Trinajstić information content (AvgIpc) is 2.46. The lowest BCUT2D eigenvalue weighted by molar-refractivity contribution is -0.138. The highest BCUT2D eigenvalue weighted by atomic mass is 35.5. The molecular formula is C15H20ClNO2. The molecule has 1 fully saturated rings. The van der Waals surface area contributed by atoms with Crippen molar-refractivity contribution in [2.45, 2.75) is 25.8 Å². The van der Waals surface area contributed by atoms with Crippen LogP contribution >= 0.6 is 11.6 Å². The Morgan fingerprint density at radius 2 is 2.26 bits per heavy atom. The molecule has 1 unspecified atom stereocenters. The van der Waals surface area contributed by atoms with Crippen LogP contribution in [-0.4, -0.2) is 42.5 Å². The quantitative estimate of drug-likeness (QED) is 0.793. The lowest BCUT2D eigenvalue weighted by atomic mass is 10.0. The van der Waals surface area contributed by atoms with Gasteiger partial charge in [-0.05, 0) is 24.5 Å². The molecule has 0 saturated carbocycles. The van der Waals surface area contributed by atoms with E-state index >= 15 is 0 Å². The monoisotopic (exact) mass is 281 g/mol. The summed E-state index contributed by atoms with van der Waals surface area (Å²) in [7, 11) is 0. The number of hydrogen-bond donors (Lipinski definition) is 0. The number of hydrogen-bond acceptors (Lipinski definition) is 2. The van der Waals surface area contributed by atoms with Crippen molar-refractivity contribution in [1.82, 2.24) is 4.90 Å². The van der Waals surface area contributed by atoms with Gasteiger partial charge in [0.15, 0.2) is 0 Å². The van der Waals surface area contributed by atoms with E-state index in [2.05, 4.69) is 19.1 Å². The van der Waals surface area contributed by atoms with Gasteiger partial charge in [0.25, 0.3) is 0 Å². The molecule has 0 radical (unpaired) electrons. The van der Waals surface area contributed by atoms with Crippen molar-refractivity contribution in [2.75, 3.05) is 25.6 Å². The van der Waals surface area contributed by atoms with Crippen LogP contribution in [0.5, 0.6) is 0 Å². The van der Waals surface area contributed by atoms with Gasteiger partial charge in [0, 0.05) is 18.8 Å². The minimum atomic E-state index is 0.0276. The molecule has 1 aromatic carbocycles. The minimum Gasteiger partial charge on any atom is -0.377 e. The van der Waals surface area contributed by atoms with Crippen molar-refractivity contribution in [3.63, 3.8) is 0 Å². The maximum atomic E-state index is 12.3. The molecule has 0 bridgehead atoms. The molecule has 1 heterocycles. The molecule has 1 aliphatic heterocycles. The zero-order chi connectivity index (χ0) is 13.7. The van der Waals surface area contributed by atoms with Crippen LogP contribution in [-0.2, 0) is 16.0 Å². The van der Waals surface area contributed by atoms with Gasteiger partial charge in [0.2, 0.25) is 5.91 Å². The van der Waals surface area contributed by atoms with Gasteiger partial charge in [-0.2, -0.15) is 0 Å². The third-order valence-corrected chi connectivity index (χ3v) is 3.95. The van der Waals surface area contributed by atoms with Crippen molar-refractivity contribution in [3.05, 3.63) is 35.4 Å². The number of benzene rings is 1. The number of nitrogens with zero attached hydrogens (tertiary/aromatic N) is 1. The van der Waals surface area contributed by atoms with Gasteiger partial charge in [-0.25, -0.2) is 0 Å². The number of amides is 1. The summed E-state index contributed by atoms with van der Waals surface area (Å²) in [6.07, 6.45) is 1.33. The molecule has 19 heavy (non-hydrogen) atoms. The van der Waals surface area contributed by atoms with Crippen LogP contribution in [0.2, 0.25) is 0 Å². The zero-order valence-electron chi connectivity index (χ0n) is 11.3. The second kappa shape index (κ2) is 6.92. The van der Waals surface area contributed by atoms with E-state index in [9.17, 15) is 4.79 Å². The van der Waals surface area contributed by atoms with Gasteiger partial charge in [-0.15, -0.1) is 11.6 Å². The summed E-state index contributed by atoms with van der Waals surface area (Å²) in [5, 5.41) is 0. The Bertz CT molecular complexity index is 436. The molecule has 1 aromatic rings. The average molecular weight is 282 g/mol. The summed E-state index contributed by atoms with van der Waals surface area (Å²) in [6.45, 7) is 3.91. The van der Waals surface area contributed by atoms with Crippen molar-refractivity contribution < 1.29 is 9.53 Å². The van der Waals surface area contributed by atoms with E-state index in [1.807, 2.05) is 17.0 Å². The maximum absolute atomic E-state index is 12.3. The highest BCUT2D eigenvalue weighted by Gasteiger charge is 2.26. The number of alkyl halides is 1. The molecule has 0 aliphatic carbocycles. The molecule has 1 aliphatic rings. The number of morpholine rings is 1. The molecule has 1 atom stereocenters. The van der Waals surface area contributed by atoms with Gasteiger partial charge in [-0.3, -0.25) is 4.79 Å². The fourth-order valence-corrected chi connectivity index (χ4v) is 2.64. The second-order valence-electron chi connectivity index (χ2n) is 4.90. The first kappa shape index (κ1) is 14.4. The third kappa shape index (κ3) is 3.71. The fourth-order valence-electron chi connectivity index (χ4n) is 2.39. The Hall–Kier alpha value is -1.06. The van der Waals surface area contributed by atoms with Crippen LogP contribution < -0.4 is 0 Å². The molecule has 104 valence electrons. The summed E-state index contributed by atoms with van der Waals surface area (Å²) in [6, 6.07) is 8.23. The van der Waals surface area contributed by atoms with Gasteiger partial charge in [0.1, 0.15) is 0 Å². The maximum Gasteiger partial charge on any atom is 0.223 e. The van der Waals surface area contributed by atoms with Gasteiger partial charge >= 0.3 is 0 Å². The molecule has 3 nitrogen and oxygen atoms in total. The molecule has 1 amide bonds. The first-order chi connectivity index (χ1) is 9.22. The zero-order valence-corrected chi connectivity index (χ0v) is 12.0. The van der Waals surface area contributed by atoms with Crippen molar-refractivity contribution in [1.29, 1.82) is 0 Å². The van der Waals surface area contributed by atoms with E-state index < -0.39 is 0 Å². The fraction of sp³-hybridized carbons (Fsp3) is 0.533. The Morgan fingerprint density at radius 3 is 3.00 bits per heavy atom. The Labute approximate surface area is 119 Å². The van der Waals surface area contributed by atoms with Crippen LogP contribution in [0.4, 0.5) is 0 Å². The number of ether oxygens (including phenoxy) is 1. The van der Waals surface area contributed by atoms with E-state index in [-0.39, 0.29) is 11.9 Å². The number of halogens is 1. The highest BCUT2D eigenvalue weighted by molar-refractivity contribution is 6.18. The van der Waals surface area contributed by atoms with E-state index in [0.29, 0.717) is 32.1 Å². The standard InChI is InChI=1S/C15H20ClNO2/c1-12-4-2-3-5-13(12)6-7-15(18)17-8-9-19-11-14(17)10-16/h2-5,14H,6-11H2,1H3. The Balaban J connectivity index is 1.92. The summed E-state index contributed by atoms with van der Waals surface area (Å²) in [5.74, 6) is 0.619. The molecule has 0 spiro atoms. The lowest BCUT2D eigenvalue weighted by Gasteiger charge is -2.34. The Kier molecular flexibility index (Phi) is 5.23. The van der Waals surface area contributed by atoms with Gasteiger partial charge < -0.3 is 9.64 Å². The molecule has 4 heteroatoms. The highest BCUT2D eigenvalue weighted by Crippen LogP contribution is 2.14. The predicted molar refractivity (Wildman–Crippen MR) is 76.5 cm³/mol. The molecule has 0 aromatic heterocycles. The third-order valence-electron chi connectivity index (χ3n) is 3.60. The smallest absolute Gasteiger partial charge is 0.223 e. The molecule has 0 N–H and O–H groups in total. The summed E-state index contributed by atoms with van der Waals surface area (Å²) in [5.41, 5.74) is 2.48. The largest absolute Gasteiger partial charge is 0.377 e. The summed E-state index contributed by atoms with van der Waals surface area (Å²) < 4.78 is 5.36. The molecule has 2 rings (SSSR count). The van der Waals surface area contributed by atoms with E-state index in [4.69, 9.17) is 16.3 Å². The van der Waals surface area contributed by atoms with E-state index in [1.165, 1.54) is 11.1 Å². The van der Waals surface area contributed by atoms with Crippen LogP contribution in [0.25, 0.3) is 0 Å². The van der Waals surface area contributed by atoms with Gasteiger partial charge in [0.05, 0.1) is 19.3 Å². The normalized spacial score (nSPS) is 19.5. The second-order valence-corrected chi connectivity index (χ2v) is 5.21. The van der Waals surface area contributed by atoms with Crippen LogP contribution in [0, 0.1) is 6.92 Å². The number of rotatable bonds is 4. The first-order valence-corrected chi connectivity index (χ1v) is 7.23. The SMILES string of the molecule is Cc1ccccc1CCC(=O)N1CCOCC1CCl. The van der Waals surface area contributed by atoms with Crippen LogP contribution in [0.15, 0.2) is 24.3 Å². The predicted octanol–water partition coefficient (Wildman–Crippen LogP) is 2.39. The number of carbonyl (C=O) groups is 1. The topological polar surface area (TPSA) is 29.5 Å². The van der Waals surface area contributed by atoms with Gasteiger partial charge in [-0.1, -0.05) is 24.3 Å². The van der Waals surface area contributed by atoms with E-state index in [1.54, 1.807) is 0 Å². The van der Waals surface area contributed by atoms with Crippen molar-refractivity contribution >= 4 is 17.5 Å². The van der Waals surface area contributed by atoms with E-state index in [0.717, 1.165) is 6.42 Å². The molecular weight excluding hydrogens is 262 g/mol. The molecule has 1 saturated heterocycles.